The molecule has 6 nitrogen and oxygen atoms in total. The minimum Gasteiger partial charge on any atom is -0.494 e. The number of para-hydroxylation sites is 1. The van der Waals surface area contributed by atoms with E-state index >= 15 is 0 Å². The lowest BCUT2D eigenvalue weighted by atomic mass is 9.95. The molecule has 1 aliphatic heterocycles. The molecule has 0 saturated carbocycles. The van der Waals surface area contributed by atoms with Gasteiger partial charge >= 0.3 is 0 Å². The second-order valence-electron chi connectivity index (χ2n) is 6.34. The molecule has 0 spiro atoms. The Labute approximate surface area is 173 Å². The lowest BCUT2D eigenvalue weighted by molar-refractivity contribution is -0.119. The number of nitrogens with zero attached hydrogens (tertiary/aromatic N) is 2. The summed E-state index contributed by atoms with van der Waals surface area (Å²) in [6.45, 7) is 7.83. The number of benzene rings is 1. The molecule has 1 fully saturated rings. The number of rotatable bonds is 7. The summed E-state index contributed by atoms with van der Waals surface area (Å²) in [5, 5.41) is 3.37. The number of piperidine rings is 1. The molecular weight excluding hydrogens is 443 g/mol. The quantitative estimate of drug-likeness (QED) is 0.362. The number of aliphatic imine (C=N–C) groups is 1. The second-order valence-corrected chi connectivity index (χ2v) is 6.34. The number of likely N-dealkylation sites (tertiary alicyclic amines) is 1. The first-order valence-corrected chi connectivity index (χ1v) is 9.16. The fourth-order valence-corrected chi connectivity index (χ4v) is 3.23. The minimum absolute atomic E-state index is 0. The van der Waals surface area contributed by atoms with Crippen molar-refractivity contribution in [2.45, 2.75) is 39.7 Å². The summed E-state index contributed by atoms with van der Waals surface area (Å²) in [5.74, 6) is 1.86. The third-order valence-electron chi connectivity index (χ3n) is 4.31. The van der Waals surface area contributed by atoms with Crippen molar-refractivity contribution in [1.29, 1.82) is 0 Å². The molecular formula is C19H31IN4O2. The molecule has 7 heteroatoms. The third kappa shape index (κ3) is 7.01. The molecule has 0 aliphatic carbocycles. The molecule has 0 aromatic heterocycles. The van der Waals surface area contributed by atoms with Crippen LogP contribution in [0.25, 0.3) is 0 Å². The van der Waals surface area contributed by atoms with Gasteiger partial charge < -0.3 is 20.7 Å². The predicted molar refractivity (Wildman–Crippen MR) is 116 cm³/mol. The Morgan fingerprint density at radius 1 is 1.38 bits per heavy atom. The van der Waals surface area contributed by atoms with Gasteiger partial charge in [-0.3, -0.25) is 4.79 Å². The number of hydrogen-bond donors (Lipinski definition) is 2. The van der Waals surface area contributed by atoms with Crippen LogP contribution in [0.4, 0.5) is 0 Å². The summed E-state index contributed by atoms with van der Waals surface area (Å²) >= 11 is 0. The minimum atomic E-state index is -0.223. The van der Waals surface area contributed by atoms with Gasteiger partial charge in [0.2, 0.25) is 5.91 Å². The number of hydrogen-bond acceptors (Lipinski definition) is 3. The van der Waals surface area contributed by atoms with Crippen LogP contribution in [0.1, 0.15) is 38.7 Å². The fraction of sp³-hybridized carbons (Fsp3) is 0.579. The summed E-state index contributed by atoms with van der Waals surface area (Å²) < 4.78 is 5.68. The lowest BCUT2D eigenvalue weighted by Gasteiger charge is -2.34. The lowest BCUT2D eigenvalue weighted by Crippen LogP contribution is -2.47. The molecule has 1 aromatic rings. The van der Waals surface area contributed by atoms with E-state index in [4.69, 9.17) is 15.5 Å². The number of guanidine groups is 1. The van der Waals surface area contributed by atoms with Gasteiger partial charge in [-0.15, -0.1) is 24.0 Å². The Balaban J connectivity index is 0.00000338. The highest BCUT2D eigenvalue weighted by Crippen LogP contribution is 2.21. The first-order chi connectivity index (χ1) is 12.1. The van der Waals surface area contributed by atoms with E-state index in [1.807, 2.05) is 31.2 Å². The SMILES string of the molecule is CCNC(=NCc1ccccc1OCC)N1CCCC(CC(N)=O)C1.I. The number of primary amides is 1. The van der Waals surface area contributed by atoms with E-state index in [2.05, 4.69) is 17.1 Å². The maximum absolute atomic E-state index is 11.2. The first kappa shape index (κ1) is 22.5. The van der Waals surface area contributed by atoms with Crippen molar-refractivity contribution in [3.8, 4) is 5.75 Å². The Morgan fingerprint density at radius 2 is 2.15 bits per heavy atom. The van der Waals surface area contributed by atoms with Crippen LogP contribution < -0.4 is 15.8 Å². The van der Waals surface area contributed by atoms with Gasteiger partial charge in [0.25, 0.3) is 0 Å². The van der Waals surface area contributed by atoms with Crippen molar-refractivity contribution in [1.82, 2.24) is 10.2 Å². The first-order valence-electron chi connectivity index (χ1n) is 9.16. The molecule has 2 rings (SSSR count). The Morgan fingerprint density at radius 3 is 2.85 bits per heavy atom. The van der Waals surface area contributed by atoms with Crippen LogP contribution in [-0.2, 0) is 11.3 Å². The van der Waals surface area contributed by atoms with E-state index in [0.29, 0.717) is 25.5 Å². The van der Waals surface area contributed by atoms with Crippen LogP contribution >= 0.6 is 24.0 Å². The maximum Gasteiger partial charge on any atom is 0.217 e. The van der Waals surface area contributed by atoms with Crippen LogP contribution in [-0.4, -0.2) is 43.0 Å². The Bertz CT molecular complexity index is 595. The molecule has 1 amide bonds. The second kappa shape index (κ2) is 12.0. The standard InChI is InChI=1S/C19H30N4O2.HI/c1-3-21-19(23-11-7-8-15(14-23)12-18(20)24)22-13-16-9-5-6-10-17(16)25-4-2;/h5-6,9-10,15H,3-4,7-8,11-14H2,1-2H3,(H2,20,24)(H,21,22);1H. The molecule has 0 bridgehead atoms. The molecule has 0 radical (unpaired) electrons. The molecule has 146 valence electrons. The molecule has 3 N–H and O–H groups in total. The number of carbonyl (C=O) groups is 1. The van der Waals surface area contributed by atoms with Gasteiger partial charge in [0.15, 0.2) is 5.96 Å². The van der Waals surface area contributed by atoms with Gasteiger partial charge in [0.1, 0.15) is 5.75 Å². The van der Waals surface area contributed by atoms with Crippen molar-refractivity contribution >= 4 is 35.8 Å². The van der Waals surface area contributed by atoms with Crippen LogP contribution in [0.2, 0.25) is 0 Å². The van der Waals surface area contributed by atoms with E-state index in [1.54, 1.807) is 0 Å². The van der Waals surface area contributed by atoms with E-state index < -0.39 is 0 Å². The molecule has 1 aliphatic rings. The number of halogens is 1. The zero-order chi connectivity index (χ0) is 18.1. The zero-order valence-corrected chi connectivity index (χ0v) is 18.1. The predicted octanol–water partition coefficient (Wildman–Crippen LogP) is 2.76. The molecule has 1 saturated heterocycles. The molecule has 1 aromatic carbocycles. The molecule has 26 heavy (non-hydrogen) atoms. The molecule has 1 atom stereocenters. The monoisotopic (exact) mass is 474 g/mol. The largest absolute Gasteiger partial charge is 0.494 e. The van der Waals surface area contributed by atoms with Crippen molar-refractivity contribution in [3.63, 3.8) is 0 Å². The normalized spacial score (nSPS) is 17.4. The number of nitrogens with one attached hydrogen (secondary N) is 1. The van der Waals surface area contributed by atoms with Gasteiger partial charge in [0, 0.05) is 31.6 Å². The van der Waals surface area contributed by atoms with Crippen LogP contribution in [0, 0.1) is 5.92 Å². The fourth-order valence-electron chi connectivity index (χ4n) is 3.23. The number of amides is 1. The van der Waals surface area contributed by atoms with Crippen LogP contribution in [0.15, 0.2) is 29.3 Å². The van der Waals surface area contributed by atoms with E-state index in [0.717, 1.165) is 49.7 Å². The summed E-state index contributed by atoms with van der Waals surface area (Å²) in [4.78, 5) is 18.3. The van der Waals surface area contributed by atoms with Crippen molar-refractivity contribution in [2.24, 2.45) is 16.6 Å². The van der Waals surface area contributed by atoms with E-state index in [9.17, 15) is 4.79 Å². The number of ether oxygens (including phenoxy) is 1. The van der Waals surface area contributed by atoms with Crippen molar-refractivity contribution < 1.29 is 9.53 Å². The molecule has 1 unspecified atom stereocenters. The van der Waals surface area contributed by atoms with Crippen molar-refractivity contribution in [2.75, 3.05) is 26.2 Å². The van der Waals surface area contributed by atoms with Crippen LogP contribution in [0.3, 0.4) is 0 Å². The van der Waals surface area contributed by atoms with Gasteiger partial charge in [-0.2, -0.15) is 0 Å². The summed E-state index contributed by atoms with van der Waals surface area (Å²) in [6, 6.07) is 8.00. The van der Waals surface area contributed by atoms with Crippen molar-refractivity contribution in [3.05, 3.63) is 29.8 Å². The Hall–Kier alpha value is -1.51. The average Bonchev–Trinajstić information content (AvgIpc) is 2.59. The van der Waals surface area contributed by atoms with Gasteiger partial charge in [-0.05, 0) is 38.7 Å². The topological polar surface area (TPSA) is 80.0 Å². The third-order valence-corrected chi connectivity index (χ3v) is 4.31. The smallest absolute Gasteiger partial charge is 0.217 e. The number of carbonyl (C=O) groups excluding carboxylic acids is 1. The Kier molecular flexibility index (Phi) is 10.4. The highest BCUT2D eigenvalue weighted by atomic mass is 127. The maximum atomic E-state index is 11.2. The zero-order valence-electron chi connectivity index (χ0n) is 15.7. The van der Waals surface area contributed by atoms with Gasteiger partial charge in [-0.1, -0.05) is 18.2 Å². The summed E-state index contributed by atoms with van der Waals surface area (Å²) in [6.07, 6.45) is 2.55. The van der Waals surface area contributed by atoms with Gasteiger partial charge in [-0.25, -0.2) is 4.99 Å². The summed E-state index contributed by atoms with van der Waals surface area (Å²) in [5.41, 5.74) is 6.44. The summed E-state index contributed by atoms with van der Waals surface area (Å²) in [7, 11) is 0. The van der Waals surface area contributed by atoms with Crippen LogP contribution in [0.5, 0.6) is 5.75 Å². The van der Waals surface area contributed by atoms with E-state index in [-0.39, 0.29) is 29.9 Å². The average molecular weight is 474 g/mol. The molecule has 1 heterocycles. The number of nitrogens with two attached hydrogens (primary N) is 1. The van der Waals surface area contributed by atoms with E-state index in [1.165, 1.54) is 0 Å². The highest BCUT2D eigenvalue weighted by Gasteiger charge is 2.23. The van der Waals surface area contributed by atoms with Gasteiger partial charge in [0.05, 0.1) is 13.2 Å². The highest BCUT2D eigenvalue weighted by molar-refractivity contribution is 14.0.